The van der Waals surface area contributed by atoms with Gasteiger partial charge in [0.05, 0.1) is 0 Å². The van der Waals surface area contributed by atoms with Crippen molar-refractivity contribution < 1.29 is 4.74 Å². The van der Waals surface area contributed by atoms with Gasteiger partial charge in [-0.3, -0.25) is 4.90 Å². The summed E-state index contributed by atoms with van der Waals surface area (Å²) in [7, 11) is 0. The molecule has 2 rings (SSSR count). The molecule has 0 aromatic heterocycles. The molecule has 2 fully saturated rings. The van der Waals surface area contributed by atoms with Gasteiger partial charge in [-0.1, -0.05) is 27.2 Å². The molecule has 0 aromatic rings. The summed E-state index contributed by atoms with van der Waals surface area (Å²) >= 11 is 0. The summed E-state index contributed by atoms with van der Waals surface area (Å²) in [6, 6.07) is 0.890. The molecule has 1 aliphatic heterocycles. The minimum atomic E-state index is 0.448. The Morgan fingerprint density at radius 3 is 2.52 bits per heavy atom. The van der Waals surface area contributed by atoms with Crippen LogP contribution < -0.4 is 5.32 Å². The quantitative estimate of drug-likeness (QED) is 0.669. The Hall–Kier alpha value is -0.120. The van der Waals surface area contributed by atoms with Gasteiger partial charge in [0.2, 0.25) is 0 Å². The van der Waals surface area contributed by atoms with Crippen LogP contribution >= 0.6 is 0 Å². The summed E-state index contributed by atoms with van der Waals surface area (Å²) in [5.74, 6) is 0.738. The molecular weight excluding hydrogens is 260 g/mol. The summed E-state index contributed by atoms with van der Waals surface area (Å²) in [6.45, 7) is 13.7. The topological polar surface area (TPSA) is 24.5 Å². The van der Waals surface area contributed by atoms with E-state index < -0.39 is 0 Å². The summed E-state index contributed by atoms with van der Waals surface area (Å²) in [5, 5.41) is 3.73. The second kappa shape index (κ2) is 8.50. The number of hydrogen-bond donors (Lipinski definition) is 1. The molecule has 0 radical (unpaired) electrons. The molecule has 0 aromatic carbocycles. The van der Waals surface area contributed by atoms with E-state index in [1.165, 1.54) is 58.2 Å². The molecule has 2 aliphatic rings. The van der Waals surface area contributed by atoms with Crippen molar-refractivity contribution in [2.75, 3.05) is 39.4 Å². The first-order chi connectivity index (χ1) is 10.2. The van der Waals surface area contributed by atoms with Crippen molar-refractivity contribution in [3.05, 3.63) is 0 Å². The standard InChI is InChI=1S/C18H36N2O/c1-4-5-10-20(17-6-7-17)15-18(8-11-21-12-9-18)14-19-13-16(2)3/h16-17,19H,4-15H2,1-3H3. The molecule has 21 heavy (non-hydrogen) atoms. The third-order valence-corrected chi connectivity index (χ3v) is 5.01. The number of nitrogens with zero attached hydrogens (tertiary/aromatic N) is 1. The zero-order chi connectivity index (χ0) is 15.1. The van der Waals surface area contributed by atoms with E-state index in [0.717, 1.165) is 31.7 Å². The monoisotopic (exact) mass is 296 g/mol. The van der Waals surface area contributed by atoms with Gasteiger partial charge in [0.25, 0.3) is 0 Å². The SMILES string of the molecule is CCCCN(CC1(CNCC(C)C)CCOCC1)C1CC1. The highest BCUT2D eigenvalue weighted by Crippen LogP contribution is 2.35. The lowest BCUT2D eigenvalue weighted by atomic mass is 9.79. The second-order valence-corrected chi connectivity index (χ2v) is 7.69. The summed E-state index contributed by atoms with van der Waals surface area (Å²) in [6.07, 6.45) is 7.97. The zero-order valence-electron chi connectivity index (χ0n) is 14.5. The lowest BCUT2D eigenvalue weighted by Gasteiger charge is -2.41. The highest BCUT2D eigenvalue weighted by molar-refractivity contribution is 4.92. The van der Waals surface area contributed by atoms with Gasteiger partial charge in [-0.25, -0.2) is 0 Å². The number of rotatable bonds is 10. The van der Waals surface area contributed by atoms with Crippen molar-refractivity contribution in [1.82, 2.24) is 10.2 Å². The largest absolute Gasteiger partial charge is 0.381 e. The fourth-order valence-electron chi connectivity index (χ4n) is 3.44. The Morgan fingerprint density at radius 2 is 1.95 bits per heavy atom. The second-order valence-electron chi connectivity index (χ2n) is 7.69. The maximum atomic E-state index is 5.64. The lowest BCUT2D eigenvalue weighted by molar-refractivity contribution is -0.00628. The van der Waals surface area contributed by atoms with Crippen LogP contribution in [0.15, 0.2) is 0 Å². The first kappa shape index (κ1) is 17.2. The zero-order valence-corrected chi connectivity index (χ0v) is 14.5. The van der Waals surface area contributed by atoms with Gasteiger partial charge in [-0.05, 0) is 56.5 Å². The van der Waals surface area contributed by atoms with Gasteiger partial charge in [0.15, 0.2) is 0 Å². The molecule has 1 saturated heterocycles. The van der Waals surface area contributed by atoms with E-state index in [-0.39, 0.29) is 0 Å². The van der Waals surface area contributed by atoms with Crippen LogP contribution in [0.3, 0.4) is 0 Å². The maximum absolute atomic E-state index is 5.64. The third kappa shape index (κ3) is 5.88. The smallest absolute Gasteiger partial charge is 0.0472 e. The molecule has 3 heteroatoms. The van der Waals surface area contributed by atoms with Crippen molar-refractivity contribution >= 4 is 0 Å². The molecule has 0 atom stereocenters. The first-order valence-electron chi connectivity index (χ1n) is 9.18. The molecule has 1 N–H and O–H groups in total. The van der Waals surface area contributed by atoms with Crippen molar-refractivity contribution in [3.8, 4) is 0 Å². The van der Waals surface area contributed by atoms with Gasteiger partial charge in [0.1, 0.15) is 0 Å². The van der Waals surface area contributed by atoms with Crippen LogP contribution in [0.1, 0.15) is 59.3 Å². The summed E-state index contributed by atoms with van der Waals surface area (Å²) in [5.41, 5.74) is 0.448. The molecule has 0 amide bonds. The van der Waals surface area contributed by atoms with Crippen LogP contribution in [-0.2, 0) is 4.74 Å². The summed E-state index contributed by atoms with van der Waals surface area (Å²) in [4.78, 5) is 2.80. The molecule has 0 bridgehead atoms. The predicted molar refractivity (Wildman–Crippen MR) is 89.7 cm³/mol. The number of hydrogen-bond acceptors (Lipinski definition) is 3. The van der Waals surface area contributed by atoms with Crippen molar-refractivity contribution in [1.29, 1.82) is 0 Å². The normalized spacial score (nSPS) is 22.1. The van der Waals surface area contributed by atoms with Crippen LogP contribution in [0.4, 0.5) is 0 Å². The Bertz CT molecular complexity index is 283. The van der Waals surface area contributed by atoms with Crippen LogP contribution in [-0.4, -0.2) is 50.3 Å². The van der Waals surface area contributed by atoms with E-state index in [0.29, 0.717) is 5.41 Å². The van der Waals surface area contributed by atoms with Gasteiger partial charge in [0, 0.05) is 32.3 Å². The number of nitrogens with one attached hydrogen (secondary N) is 1. The molecule has 1 aliphatic carbocycles. The van der Waals surface area contributed by atoms with E-state index in [2.05, 4.69) is 31.0 Å². The molecule has 0 unspecified atom stereocenters. The average molecular weight is 296 g/mol. The number of unbranched alkanes of at least 4 members (excludes halogenated alkanes) is 1. The van der Waals surface area contributed by atoms with Crippen LogP contribution in [0.5, 0.6) is 0 Å². The Kier molecular flexibility index (Phi) is 6.97. The van der Waals surface area contributed by atoms with E-state index in [1.807, 2.05) is 0 Å². The Labute approximate surface area is 131 Å². The fraction of sp³-hybridized carbons (Fsp3) is 1.00. The van der Waals surface area contributed by atoms with Gasteiger partial charge in [-0.15, -0.1) is 0 Å². The van der Waals surface area contributed by atoms with Crippen LogP contribution in [0.25, 0.3) is 0 Å². The lowest BCUT2D eigenvalue weighted by Crippen LogP contribution is -2.48. The van der Waals surface area contributed by atoms with Crippen molar-refractivity contribution in [3.63, 3.8) is 0 Å². The van der Waals surface area contributed by atoms with Gasteiger partial charge in [-0.2, -0.15) is 0 Å². The van der Waals surface area contributed by atoms with Crippen molar-refractivity contribution in [2.24, 2.45) is 11.3 Å². The third-order valence-electron chi connectivity index (χ3n) is 5.01. The molecule has 0 spiro atoms. The van der Waals surface area contributed by atoms with E-state index >= 15 is 0 Å². The predicted octanol–water partition coefficient (Wildman–Crippen LogP) is 3.29. The molecule has 1 saturated carbocycles. The van der Waals surface area contributed by atoms with E-state index in [9.17, 15) is 0 Å². The van der Waals surface area contributed by atoms with Gasteiger partial charge >= 0.3 is 0 Å². The molecule has 124 valence electrons. The van der Waals surface area contributed by atoms with Gasteiger partial charge < -0.3 is 10.1 Å². The first-order valence-corrected chi connectivity index (χ1v) is 9.18. The van der Waals surface area contributed by atoms with Crippen molar-refractivity contribution in [2.45, 2.75) is 65.3 Å². The molecular formula is C18H36N2O. The summed E-state index contributed by atoms with van der Waals surface area (Å²) < 4.78 is 5.64. The highest BCUT2D eigenvalue weighted by Gasteiger charge is 2.38. The minimum Gasteiger partial charge on any atom is -0.381 e. The van der Waals surface area contributed by atoms with E-state index in [1.54, 1.807) is 0 Å². The van der Waals surface area contributed by atoms with Crippen LogP contribution in [0.2, 0.25) is 0 Å². The fourth-order valence-corrected chi connectivity index (χ4v) is 3.44. The van der Waals surface area contributed by atoms with Crippen LogP contribution in [0, 0.1) is 11.3 Å². The Balaban J connectivity index is 1.89. The molecule has 3 nitrogen and oxygen atoms in total. The Morgan fingerprint density at radius 1 is 1.24 bits per heavy atom. The molecule has 1 heterocycles. The highest BCUT2D eigenvalue weighted by atomic mass is 16.5. The van der Waals surface area contributed by atoms with E-state index in [4.69, 9.17) is 4.74 Å². The average Bonchev–Trinajstić information content (AvgIpc) is 3.29. The number of ether oxygens (including phenoxy) is 1. The minimum absolute atomic E-state index is 0.448. The maximum Gasteiger partial charge on any atom is 0.0472 e.